The molecule has 0 radical (unpaired) electrons. The second-order valence-electron chi connectivity index (χ2n) is 5.93. The monoisotopic (exact) mass is 353 g/mol. The Morgan fingerprint density at radius 2 is 2.10 bits per heavy atom. The molecule has 1 aromatic rings. The summed E-state index contributed by atoms with van der Waals surface area (Å²) in [7, 11) is 1.71. The molecule has 116 valence electrons. The molecule has 2 fully saturated rings. The highest BCUT2D eigenvalue weighted by Gasteiger charge is 2.25. The van der Waals surface area contributed by atoms with Crippen molar-refractivity contribution in [3.8, 4) is 5.75 Å². The topological polar surface area (TPSA) is 27.7 Å². The Balaban J connectivity index is 1.51. The molecule has 0 saturated carbocycles. The van der Waals surface area contributed by atoms with Crippen LogP contribution in [-0.2, 0) is 6.54 Å². The molecular formula is C16H24BrN3O. The fourth-order valence-electron chi connectivity index (χ4n) is 3.30. The molecule has 3 rings (SSSR count). The molecule has 21 heavy (non-hydrogen) atoms. The standard InChI is InChI=1S/C16H24BrN3O/c1-21-16-3-2-13(10-15(16)17)12-19-6-8-20(9-7-19)14-4-5-18-11-14/h2-3,10,14,18H,4-9,11-12H2,1H3. The highest BCUT2D eigenvalue weighted by Crippen LogP contribution is 2.26. The predicted octanol–water partition coefficient (Wildman–Crippen LogP) is 1.94. The lowest BCUT2D eigenvalue weighted by Crippen LogP contribution is -2.50. The van der Waals surface area contributed by atoms with Gasteiger partial charge >= 0.3 is 0 Å². The van der Waals surface area contributed by atoms with Gasteiger partial charge in [0.2, 0.25) is 0 Å². The largest absolute Gasteiger partial charge is 0.496 e. The van der Waals surface area contributed by atoms with Crippen LogP contribution >= 0.6 is 15.9 Å². The van der Waals surface area contributed by atoms with Gasteiger partial charge in [-0.25, -0.2) is 0 Å². The maximum atomic E-state index is 5.29. The minimum Gasteiger partial charge on any atom is -0.496 e. The number of halogens is 1. The number of nitrogens with zero attached hydrogens (tertiary/aromatic N) is 2. The number of hydrogen-bond acceptors (Lipinski definition) is 4. The Bertz CT molecular complexity index is 469. The van der Waals surface area contributed by atoms with E-state index in [0.29, 0.717) is 0 Å². The van der Waals surface area contributed by atoms with Crippen LogP contribution in [0.2, 0.25) is 0 Å². The minimum atomic E-state index is 0.766. The van der Waals surface area contributed by atoms with Crippen LogP contribution in [0.25, 0.3) is 0 Å². The number of rotatable bonds is 4. The van der Waals surface area contributed by atoms with Crippen LogP contribution < -0.4 is 10.1 Å². The molecule has 0 amide bonds. The fraction of sp³-hybridized carbons (Fsp3) is 0.625. The summed E-state index contributed by atoms with van der Waals surface area (Å²) in [5, 5.41) is 3.47. The van der Waals surface area contributed by atoms with Crippen molar-refractivity contribution in [1.82, 2.24) is 15.1 Å². The van der Waals surface area contributed by atoms with Crippen LogP contribution in [0.4, 0.5) is 0 Å². The second kappa shape index (κ2) is 7.09. The molecule has 1 N–H and O–H groups in total. The van der Waals surface area contributed by atoms with Crippen LogP contribution in [0.3, 0.4) is 0 Å². The van der Waals surface area contributed by atoms with E-state index in [1.807, 2.05) is 6.07 Å². The first-order valence-electron chi connectivity index (χ1n) is 7.76. The van der Waals surface area contributed by atoms with E-state index in [2.05, 4.69) is 43.2 Å². The van der Waals surface area contributed by atoms with E-state index in [9.17, 15) is 0 Å². The molecule has 0 aliphatic carbocycles. The Morgan fingerprint density at radius 1 is 1.29 bits per heavy atom. The van der Waals surface area contributed by atoms with Gasteiger partial charge in [-0.2, -0.15) is 0 Å². The quantitative estimate of drug-likeness (QED) is 0.895. The van der Waals surface area contributed by atoms with E-state index >= 15 is 0 Å². The molecule has 1 unspecified atom stereocenters. The van der Waals surface area contributed by atoms with Gasteiger partial charge in [0.25, 0.3) is 0 Å². The average molecular weight is 354 g/mol. The average Bonchev–Trinajstić information content (AvgIpc) is 3.02. The van der Waals surface area contributed by atoms with Crippen molar-refractivity contribution >= 4 is 15.9 Å². The second-order valence-corrected chi connectivity index (χ2v) is 6.78. The summed E-state index contributed by atoms with van der Waals surface area (Å²) in [5.41, 5.74) is 1.35. The zero-order valence-corrected chi connectivity index (χ0v) is 14.2. The highest BCUT2D eigenvalue weighted by molar-refractivity contribution is 9.10. The summed E-state index contributed by atoms with van der Waals surface area (Å²) < 4.78 is 6.33. The maximum Gasteiger partial charge on any atom is 0.133 e. The highest BCUT2D eigenvalue weighted by atomic mass is 79.9. The van der Waals surface area contributed by atoms with Gasteiger partial charge < -0.3 is 10.1 Å². The first-order valence-corrected chi connectivity index (χ1v) is 8.55. The molecule has 2 saturated heterocycles. The van der Waals surface area contributed by atoms with E-state index in [-0.39, 0.29) is 0 Å². The lowest BCUT2D eigenvalue weighted by molar-refractivity contribution is 0.0981. The van der Waals surface area contributed by atoms with Gasteiger partial charge in [0.1, 0.15) is 5.75 Å². The summed E-state index contributed by atoms with van der Waals surface area (Å²) in [6.07, 6.45) is 1.31. The summed E-state index contributed by atoms with van der Waals surface area (Å²) >= 11 is 3.57. The van der Waals surface area contributed by atoms with Crippen molar-refractivity contribution < 1.29 is 4.74 Å². The molecule has 1 atom stereocenters. The third kappa shape index (κ3) is 3.77. The summed E-state index contributed by atoms with van der Waals surface area (Å²) in [6, 6.07) is 7.14. The van der Waals surface area contributed by atoms with Gasteiger partial charge in [-0.05, 0) is 46.6 Å². The Kier molecular flexibility index (Phi) is 5.16. The van der Waals surface area contributed by atoms with E-state index in [0.717, 1.165) is 22.8 Å². The van der Waals surface area contributed by atoms with Crippen molar-refractivity contribution in [3.63, 3.8) is 0 Å². The number of methoxy groups -OCH3 is 1. The molecule has 0 bridgehead atoms. The summed E-state index contributed by atoms with van der Waals surface area (Å²) in [4.78, 5) is 5.20. The Morgan fingerprint density at radius 3 is 2.71 bits per heavy atom. The molecule has 0 spiro atoms. The molecule has 2 aliphatic rings. The van der Waals surface area contributed by atoms with Crippen LogP contribution in [0.5, 0.6) is 5.75 Å². The third-order valence-electron chi connectivity index (χ3n) is 4.58. The van der Waals surface area contributed by atoms with Crippen LogP contribution in [0.15, 0.2) is 22.7 Å². The lowest BCUT2D eigenvalue weighted by atomic mass is 10.1. The van der Waals surface area contributed by atoms with E-state index in [4.69, 9.17) is 4.74 Å². The fourth-order valence-corrected chi connectivity index (χ4v) is 3.89. The van der Waals surface area contributed by atoms with E-state index in [1.54, 1.807) is 7.11 Å². The van der Waals surface area contributed by atoms with Crippen molar-refractivity contribution in [2.45, 2.75) is 19.0 Å². The van der Waals surface area contributed by atoms with Gasteiger partial charge in [0.15, 0.2) is 0 Å². The zero-order chi connectivity index (χ0) is 14.7. The van der Waals surface area contributed by atoms with Crippen molar-refractivity contribution in [3.05, 3.63) is 28.2 Å². The predicted molar refractivity (Wildman–Crippen MR) is 88.8 cm³/mol. The van der Waals surface area contributed by atoms with E-state index < -0.39 is 0 Å². The van der Waals surface area contributed by atoms with Crippen molar-refractivity contribution in [2.24, 2.45) is 0 Å². The third-order valence-corrected chi connectivity index (χ3v) is 5.20. The number of nitrogens with one attached hydrogen (secondary N) is 1. The molecule has 1 aromatic carbocycles. The Hall–Kier alpha value is -0.620. The normalized spacial score (nSPS) is 24.4. The first-order chi connectivity index (χ1) is 10.3. The van der Waals surface area contributed by atoms with Crippen LogP contribution in [0, 0.1) is 0 Å². The summed E-state index contributed by atoms with van der Waals surface area (Å²) in [6.45, 7) is 8.11. The van der Waals surface area contributed by atoms with Gasteiger partial charge in [0.05, 0.1) is 11.6 Å². The van der Waals surface area contributed by atoms with E-state index in [1.165, 1.54) is 51.3 Å². The van der Waals surface area contributed by atoms with Gasteiger partial charge in [-0.1, -0.05) is 6.07 Å². The number of ether oxygens (including phenoxy) is 1. The SMILES string of the molecule is COc1ccc(CN2CCN(C3CCNC3)CC2)cc1Br. The molecule has 4 nitrogen and oxygen atoms in total. The maximum absolute atomic E-state index is 5.29. The summed E-state index contributed by atoms with van der Waals surface area (Å²) in [5.74, 6) is 0.900. The number of benzene rings is 1. The molecule has 5 heteroatoms. The van der Waals surface area contributed by atoms with Gasteiger partial charge in [-0.3, -0.25) is 9.80 Å². The van der Waals surface area contributed by atoms with Gasteiger partial charge in [0, 0.05) is 45.3 Å². The number of hydrogen-bond donors (Lipinski definition) is 1. The van der Waals surface area contributed by atoms with Crippen LogP contribution in [0.1, 0.15) is 12.0 Å². The van der Waals surface area contributed by atoms with Crippen LogP contribution in [-0.4, -0.2) is 62.2 Å². The minimum absolute atomic E-state index is 0.766. The smallest absolute Gasteiger partial charge is 0.133 e. The van der Waals surface area contributed by atoms with Gasteiger partial charge in [-0.15, -0.1) is 0 Å². The molecule has 2 aliphatic heterocycles. The van der Waals surface area contributed by atoms with Crippen molar-refractivity contribution in [2.75, 3.05) is 46.4 Å². The zero-order valence-electron chi connectivity index (χ0n) is 12.6. The first kappa shape index (κ1) is 15.3. The number of piperazine rings is 1. The molecule has 2 heterocycles. The molecule has 0 aromatic heterocycles. The molecular weight excluding hydrogens is 330 g/mol. The van der Waals surface area contributed by atoms with Crippen molar-refractivity contribution in [1.29, 1.82) is 0 Å². The Labute approximate surface area is 135 Å². The lowest BCUT2D eigenvalue weighted by Gasteiger charge is -2.37.